The van der Waals surface area contributed by atoms with E-state index < -0.39 is 0 Å². The van der Waals surface area contributed by atoms with Gasteiger partial charge in [0.05, 0.1) is 6.61 Å². The van der Waals surface area contributed by atoms with E-state index in [0.717, 1.165) is 30.8 Å². The van der Waals surface area contributed by atoms with Gasteiger partial charge >= 0.3 is 0 Å². The van der Waals surface area contributed by atoms with Crippen molar-refractivity contribution in [2.24, 2.45) is 33.9 Å². The lowest BCUT2D eigenvalue weighted by Gasteiger charge is -2.57. The first kappa shape index (κ1) is 14.2. The van der Waals surface area contributed by atoms with Crippen LogP contribution in [-0.2, 0) is 4.74 Å². The summed E-state index contributed by atoms with van der Waals surface area (Å²) in [5.74, 6) is 3.67. The van der Waals surface area contributed by atoms with E-state index in [9.17, 15) is 0 Å². The summed E-state index contributed by atoms with van der Waals surface area (Å²) in [6.07, 6.45) is 10.2. The van der Waals surface area contributed by atoms with Crippen molar-refractivity contribution >= 4 is 5.96 Å². The van der Waals surface area contributed by atoms with Crippen LogP contribution in [0.25, 0.3) is 0 Å². The number of nitrogens with one attached hydrogen (secondary N) is 1. The number of aliphatic imine (C=N–C) groups is 1. The smallest absolute Gasteiger partial charge is 0.188 e. The van der Waals surface area contributed by atoms with E-state index in [-0.39, 0.29) is 0 Å². The predicted molar refractivity (Wildman–Crippen MR) is 81.6 cm³/mol. The van der Waals surface area contributed by atoms with E-state index in [0.29, 0.717) is 18.0 Å². The van der Waals surface area contributed by atoms with Crippen molar-refractivity contribution in [2.45, 2.75) is 44.9 Å². The average molecular weight is 279 g/mol. The van der Waals surface area contributed by atoms with Crippen molar-refractivity contribution in [3.8, 4) is 0 Å². The van der Waals surface area contributed by atoms with Gasteiger partial charge in [0.15, 0.2) is 5.96 Å². The number of methoxy groups -OCH3 is 1. The van der Waals surface area contributed by atoms with Crippen molar-refractivity contribution in [2.75, 3.05) is 26.8 Å². The Morgan fingerprint density at radius 2 is 1.80 bits per heavy atom. The minimum atomic E-state index is 0.576. The molecule has 4 bridgehead atoms. The van der Waals surface area contributed by atoms with Crippen molar-refractivity contribution < 1.29 is 4.74 Å². The number of nitrogens with two attached hydrogens (primary N) is 1. The summed E-state index contributed by atoms with van der Waals surface area (Å²) >= 11 is 0. The van der Waals surface area contributed by atoms with Gasteiger partial charge in [0.25, 0.3) is 0 Å². The predicted octanol–water partition coefficient (Wildman–Crippen LogP) is 2.14. The highest BCUT2D eigenvalue weighted by molar-refractivity contribution is 5.77. The quantitative estimate of drug-likeness (QED) is 0.445. The molecule has 0 radical (unpaired) electrons. The van der Waals surface area contributed by atoms with Crippen LogP contribution >= 0.6 is 0 Å². The third-order valence-electron chi connectivity index (χ3n) is 5.70. The number of hydrogen-bond donors (Lipinski definition) is 2. The molecule has 0 aliphatic heterocycles. The first-order chi connectivity index (χ1) is 9.69. The number of guanidine groups is 1. The Hall–Kier alpha value is -0.770. The molecule has 4 aliphatic rings. The van der Waals surface area contributed by atoms with Crippen molar-refractivity contribution in [3.63, 3.8) is 0 Å². The Morgan fingerprint density at radius 1 is 1.20 bits per heavy atom. The summed E-state index contributed by atoms with van der Waals surface area (Å²) in [5, 5.41) is 3.09. The summed E-state index contributed by atoms with van der Waals surface area (Å²) < 4.78 is 4.99. The molecule has 0 saturated heterocycles. The maximum Gasteiger partial charge on any atom is 0.188 e. The minimum absolute atomic E-state index is 0.576. The molecule has 0 aromatic carbocycles. The van der Waals surface area contributed by atoms with Gasteiger partial charge in [-0.3, -0.25) is 4.99 Å². The molecule has 114 valence electrons. The van der Waals surface area contributed by atoms with Gasteiger partial charge in [0, 0.05) is 20.2 Å². The van der Waals surface area contributed by atoms with Crippen LogP contribution < -0.4 is 11.1 Å². The van der Waals surface area contributed by atoms with Gasteiger partial charge in [0.1, 0.15) is 0 Å². The normalized spacial score (nSPS) is 39.2. The second kappa shape index (κ2) is 5.92. The molecule has 4 fully saturated rings. The topological polar surface area (TPSA) is 59.6 Å². The van der Waals surface area contributed by atoms with Crippen molar-refractivity contribution in [1.82, 2.24) is 5.32 Å². The van der Waals surface area contributed by atoms with Crippen molar-refractivity contribution in [3.05, 3.63) is 0 Å². The monoisotopic (exact) mass is 279 g/mol. The molecule has 4 aliphatic carbocycles. The third-order valence-corrected chi connectivity index (χ3v) is 5.70. The largest absolute Gasteiger partial charge is 0.383 e. The standard InChI is InChI=1S/C16H29N3O/c1-20-5-4-19-15(17)18-3-2-16-9-12-6-13(10-16)8-14(7-12)11-16/h12-14H,2-11H2,1H3,(H3,17,18,19). The van der Waals surface area contributed by atoms with Crippen LogP contribution in [0.1, 0.15) is 44.9 Å². The van der Waals surface area contributed by atoms with Crippen LogP contribution in [0.2, 0.25) is 0 Å². The highest BCUT2D eigenvalue weighted by Crippen LogP contribution is 2.61. The van der Waals surface area contributed by atoms with Gasteiger partial charge in [-0.1, -0.05) is 0 Å². The molecule has 4 rings (SSSR count). The number of hydrogen-bond acceptors (Lipinski definition) is 2. The van der Waals surface area contributed by atoms with E-state index in [1.165, 1.54) is 44.9 Å². The fourth-order valence-electron chi connectivity index (χ4n) is 5.35. The second-order valence-corrected chi connectivity index (χ2v) is 7.35. The highest BCUT2D eigenvalue weighted by atomic mass is 16.5. The lowest BCUT2D eigenvalue weighted by Crippen LogP contribution is -2.46. The first-order valence-corrected chi connectivity index (χ1v) is 8.22. The Labute approximate surface area is 122 Å². The number of nitrogens with zero attached hydrogens (tertiary/aromatic N) is 1. The summed E-state index contributed by atoms with van der Waals surface area (Å²) in [5.41, 5.74) is 6.49. The van der Waals surface area contributed by atoms with Crippen LogP contribution in [0.4, 0.5) is 0 Å². The Morgan fingerprint density at radius 3 is 2.35 bits per heavy atom. The van der Waals surface area contributed by atoms with E-state index >= 15 is 0 Å². The molecule has 0 atom stereocenters. The van der Waals surface area contributed by atoms with Gasteiger partial charge < -0.3 is 15.8 Å². The molecular formula is C16H29N3O. The van der Waals surface area contributed by atoms with Gasteiger partial charge in [-0.25, -0.2) is 0 Å². The molecule has 4 nitrogen and oxygen atoms in total. The summed E-state index contributed by atoms with van der Waals surface area (Å²) in [6, 6.07) is 0. The van der Waals surface area contributed by atoms with E-state index in [2.05, 4.69) is 10.3 Å². The molecular weight excluding hydrogens is 250 g/mol. The number of ether oxygens (including phenoxy) is 1. The molecule has 0 aromatic rings. The van der Waals surface area contributed by atoms with Gasteiger partial charge in [0.2, 0.25) is 0 Å². The van der Waals surface area contributed by atoms with Crippen LogP contribution in [0.5, 0.6) is 0 Å². The molecule has 0 amide bonds. The number of rotatable bonds is 6. The molecule has 3 N–H and O–H groups in total. The molecule has 4 saturated carbocycles. The van der Waals surface area contributed by atoms with Crippen LogP contribution in [0.3, 0.4) is 0 Å². The molecule has 0 heterocycles. The fourth-order valence-corrected chi connectivity index (χ4v) is 5.35. The van der Waals surface area contributed by atoms with Gasteiger partial charge in [-0.05, 0) is 68.1 Å². The Kier molecular flexibility index (Phi) is 4.20. The SMILES string of the molecule is COCCNC(N)=NCCC12CC3CC(CC(C3)C1)C2. The Balaban J connectivity index is 1.47. The molecule has 0 aromatic heterocycles. The average Bonchev–Trinajstić information content (AvgIpc) is 2.37. The zero-order valence-corrected chi connectivity index (χ0v) is 12.7. The second-order valence-electron chi connectivity index (χ2n) is 7.35. The lowest BCUT2D eigenvalue weighted by molar-refractivity contribution is -0.0556. The van der Waals surface area contributed by atoms with Crippen LogP contribution in [0.15, 0.2) is 4.99 Å². The maximum atomic E-state index is 5.88. The molecule has 4 heteroatoms. The minimum Gasteiger partial charge on any atom is -0.383 e. The van der Waals surface area contributed by atoms with Crippen molar-refractivity contribution in [1.29, 1.82) is 0 Å². The van der Waals surface area contributed by atoms with Gasteiger partial charge in [-0.2, -0.15) is 0 Å². The Bertz CT molecular complexity index is 331. The van der Waals surface area contributed by atoms with Crippen LogP contribution in [-0.4, -0.2) is 32.8 Å². The molecule has 0 spiro atoms. The lowest BCUT2D eigenvalue weighted by atomic mass is 9.49. The highest BCUT2D eigenvalue weighted by Gasteiger charge is 2.50. The molecule has 20 heavy (non-hydrogen) atoms. The first-order valence-electron chi connectivity index (χ1n) is 8.22. The van der Waals surface area contributed by atoms with Crippen LogP contribution in [0, 0.1) is 23.2 Å². The van der Waals surface area contributed by atoms with Gasteiger partial charge in [-0.15, -0.1) is 0 Å². The van der Waals surface area contributed by atoms with E-state index in [4.69, 9.17) is 10.5 Å². The zero-order chi connectivity index (χ0) is 14.0. The summed E-state index contributed by atoms with van der Waals surface area (Å²) in [7, 11) is 1.70. The third kappa shape index (κ3) is 3.11. The zero-order valence-electron chi connectivity index (χ0n) is 12.7. The van der Waals surface area contributed by atoms with E-state index in [1.54, 1.807) is 7.11 Å². The fraction of sp³-hybridized carbons (Fsp3) is 0.938. The summed E-state index contributed by atoms with van der Waals surface area (Å²) in [4.78, 5) is 4.50. The van der Waals surface area contributed by atoms with E-state index in [1.807, 2.05) is 0 Å². The molecule has 0 unspecified atom stereocenters. The summed E-state index contributed by atoms with van der Waals surface area (Å²) in [6.45, 7) is 2.30. The maximum absolute atomic E-state index is 5.88.